The average molecular weight is 775 g/mol. The molecule has 1 unspecified atom stereocenters. The molecule has 2 saturated heterocycles. The summed E-state index contributed by atoms with van der Waals surface area (Å²) in [5.74, 6) is 1.23. The summed E-state index contributed by atoms with van der Waals surface area (Å²) in [7, 11) is 2.04. The van der Waals surface area contributed by atoms with Crippen LogP contribution < -0.4 is 0 Å². The van der Waals surface area contributed by atoms with Gasteiger partial charge in [-0.1, -0.05) is 61.5 Å². The Hall–Kier alpha value is -6.25. The minimum Gasteiger partial charge on any atom is -0.450 e. The van der Waals surface area contributed by atoms with E-state index in [0.29, 0.717) is 17.7 Å². The highest BCUT2D eigenvalue weighted by molar-refractivity contribution is 5.97. The number of nitrogens with zero attached hydrogens (tertiary/aromatic N) is 4. The molecule has 1 N–H and O–H groups in total. The van der Waals surface area contributed by atoms with Gasteiger partial charge in [0.1, 0.15) is 23.9 Å². The largest absolute Gasteiger partial charge is 0.511 e. The minimum absolute atomic E-state index is 0.0276. The summed E-state index contributed by atoms with van der Waals surface area (Å²) in [5, 5.41) is 8.93. The van der Waals surface area contributed by atoms with Crippen LogP contribution in [0.3, 0.4) is 0 Å². The number of fused-ring (bicyclic) bond motifs is 3. The van der Waals surface area contributed by atoms with Crippen LogP contribution in [0.2, 0.25) is 0 Å². The van der Waals surface area contributed by atoms with Crippen molar-refractivity contribution in [3.63, 3.8) is 0 Å². The van der Waals surface area contributed by atoms with Crippen molar-refractivity contribution >= 4 is 40.3 Å². The number of carbonyl (C=O) groups is 3. The molecule has 14 heteroatoms. The van der Waals surface area contributed by atoms with E-state index in [1.165, 1.54) is 6.92 Å². The summed E-state index contributed by atoms with van der Waals surface area (Å²) in [4.78, 5) is 47.0. The third-order valence-corrected chi connectivity index (χ3v) is 10.4. The van der Waals surface area contributed by atoms with Gasteiger partial charge in [0.25, 0.3) is 0 Å². The molecule has 6 aromatic rings. The summed E-state index contributed by atoms with van der Waals surface area (Å²) < 4.78 is 36.4. The number of aromatic nitrogens is 4. The number of carbonyl (C=O) groups excluding carboxylic acids is 2. The number of ether oxygens (including phenoxy) is 6. The molecule has 4 aromatic carbocycles. The zero-order chi connectivity index (χ0) is 39.8. The van der Waals surface area contributed by atoms with Crippen molar-refractivity contribution in [3.05, 3.63) is 107 Å². The Kier molecular flexibility index (Phi) is 10.4. The number of rotatable bonds is 11. The van der Waals surface area contributed by atoms with Crippen LogP contribution in [0, 0.1) is 6.92 Å². The SMILES string of the molecule is CCCc1nc2c(C)cc(-c3nc4ccccc4n3C)cc2n1Cc1ccc(-c2ccccc2C(=O)OC(C)OC(=O)O[C@@H]2CO[C@@H]3[C@H]2OC[C@H]3OC(=O)O)cc1. The Labute approximate surface area is 327 Å². The number of hydrogen-bond donors (Lipinski definition) is 1. The summed E-state index contributed by atoms with van der Waals surface area (Å²) in [6.07, 6.45) is -5.15. The van der Waals surface area contributed by atoms with Gasteiger partial charge < -0.3 is 42.7 Å². The number of hydrogen-bond acceptors (Lipinski definition) is 11. The quantitative estimate of drug-likeness (QED) is 0.0787. The Morgan fingerprint density at radius 1 is 0.860 bits per heavy atom. The predicted octanol–water partition coefficient (Wildman–Crippen LogP) is 7.45. The summed E-state index contributed by atoms with van der Waals surface area (Å²) in [6, 6.07) is 27.6. The van der Waals surface area contributed by atoms with Gasteiger partial charge in [0.15, 0.2) is 12.2 Å². The second kappa shape index (κ2) is 15.7. The molecule has 2 aliphatic heterocycles. The molecular weight excluding hydrogens is 732 g/mol. The Morgan fingerprint density at radius 3 is 2.28 bits per heavy atom. The smallest absolute Gasteiger partial charge is 0.450 e. The Morgan fingerprint density at radius 2 is 1.56 bits per heavy atom. The van der Waals surface area contributed by atoms with Crippen LogP contribution in [0.1, 0.15) is 47.6 Å². The number of imidazole rings is 2. The lowest BCUT2D eigenvalue weighted by molar-refractivity contribution is -0.0988. The highest BCUT2D eigenvalue weighted by Gasteiger charge is 2.51. The lowest BCUT2D eigenvalue weighted by atomic mass is 9.98. The maximum atomic E-state index is 13.4. The first-order chi connectivity index (χ1) is 27.6. The first-order valence-electron chi connectivity index (χ1n) is 18.9. The van der Waals surface area contributed by atoms with Gasteiger partial charge in [0.05, 0.1) is 40.8 Å². The topological polar surface area (TPSA) is 162 Å². The normalized spacial score (nSPS) is 19.4. The van der Waals surface area contributed by atoms with Crippen LogP contribution in [0.4, 0.5) is 9.59 Å². The first-order valence-corrected chi connectivity index (χ1v) is 18.9. The molecule has 0 saturated carbocycles. The molecule has 0 amide bonds. The van der Waals surface area contributed by atoms with E-state index < -0.39 is 49.0 Å². The van der Waals surface area contributed by atoms with Crippen LogP contribution >= 0.6 is 0 Å². The van der Waals surface area contributed by atoms with Gasteiger partial charge in [-0.15, -0.1) is 0 Å². The van der Waals surface area contributed by atoms with Crippen LogP contribution in [0.15, 0.2) is 84.9 Å². The molecule has 2 fully saturated rings. The van der Waals surface area contributed by atoms with E-state index in [2.05, 4.69) is 41.2 Å². The zero-order valence-electron chi connectivity index (χ0n) is 31.9. The van der Waals surface area contributed by atoms with Crippen molar-refractivity contribution < 1.29 is 47.9 Å². The highest BCUT2D eigenvalue weighted by atomic mass is 16.8. The van der Waals surface area contributed by atoms with Gasteiger partial charge in [-0.25, -0.2) is 24.4 Å². The zero-order valence-corrected chi connectivity index (χ0v) is 31.9. The fourth-order valence-corrected chi connectivity index (χ4v) is 7.74. The molecule has 294 valence electrons. The predicted molar refractivity (Wildman–Crippen MR) is 208 cm³/mol. The average Bonchev–Trinajstić information content (AvgIpc) is 3.96. The second-order valence-electron chi connectivity index (χ2n) is 14.3. The van der Waals surface area contributed by atoms with Crippen molar-refractivity contribution in [1.82, 2.24) is 19.1 Å². The third kappa shape index (κ3) is 7.53. The standard InChI is InChI=1S/C43H42N4O10/c1-5-10-36-45-37-24(2)19-28(40-44-31-13-8-9-14-32(31)46(40)4)20-33(37)47(36)21-26-15-17-27(18-16-26)29-11-6-7-12-30(29)41(48)54-25(3)55-43(51)57-35-23-53-38-34(56-42(49)50)22-52-39(35)38/h6-9,11-20,25,34-35,38-39H,5,10,21-23H2,1-4H3,(H,49,50)/t25?,34-,35-,38+,39+/m1/s1. The van der Waals surface area contributed by atoms with Crippen LogP contribution in [0.25, 0.3) is 44.6 Å². The van der Waals surface area contributed by atoms with Crippen molar-refractivity contribution in [2.45, 2.75) is 70.9 Å². The molecule has 0 aliphatic carbocycles. The van der Waals surface area contributed by atoms with Crippen LogP contribution in [-0.4, -0.2) is 86.4 Å². The second-order valence-corrected chi connectivity index (χ2v) is 14.3. The lowest BCUT2D eigenvalue weighted by Gasteiger charge is -2.19. The monoisotopic (exact) mass is 774 g/mol. The number of esters is 1. The number of aryl methyl sites for hydroxylation is 3. The van der Waals surface area contributed by atoms with Crippen molar-refractivity contribution in [1.29, 1.82) is 0 Å². The molecule has 2 aliphatic rings. The number of carboxylic acid groups (broad SMARTS) is 1. The van der Waals surface area contributed by atoms with E-state index in [1.807, 2.05) is 61.6 Å². The maximum Gasteiger partial charge on any atom is 0.511 e. The van der Waals surface area contributed by atoms with Crippen molar-refractivity contribution in [2.24, 2.45) is 7.05 Å². The van der Waals surface area contributed by atoms with Crippen molar-refractivity contribution in [3.8, 4) is 22.5 Å². The van der Waals surface area contributed by atoms with Gasteiger partial charge in [-0.2, -0.15) is 0 Å². The lowest BCUT2D eigenvalue weighted by Crippen LogP contribution is -2.36. The van der Waals surface area contributed by atoms with E-state index in [9.17, 15) is 14.4 Å². The minimum atomic E-state index is -1.45. The Bertz CT molecular complexity index is 2470. The molecule has 0 spiro atoms. The fourth-order valence-electron chi connectivity index (χ4n) is 7.74. The highest BCUT2D eigenvalue weighted by Crippen LogP contribution is 2.33. The summed E-state index contributed by atoms with van der Waals surface area (Å²) >= 11 is 0. The molecular formula is C43H42N4O10. The van der Waals surface area contributed by atoms with Crippen LogP contribution in [0.5, 0.6) is 0 Å². The van der Waals surface area contributed by atoms with E-state index >= 15 is 0 Å². The van der Waals surface area contributed by atoms with Gasteiger partial charge in [-0.3, -0.25) is 0 Å². The molecule has 4 heterocycles. The van der Waals surface area contributed by atoms with E-state index in [0.717, 1.165) is 68.8 Å². The molecule has 57 heavy (non-hydrogen) atoms. The van der Waals surface area contributed by atoms with Crippen molar-refractivity contribution in [2.75, 3.05) is 13.2 Å². The van der Waals surface area contributed by atoms with E-state index in [-0.39, 0.29) is 13.2 Å². The molecule has 0 radical (unpaired) electrons. The fraction of sp³-hybridized carbons (Fsp3) is 0.326. The molecule has 8 rings (SSSR count). The van der Waals surface area contributed by atoms with Gasteiger partial charge in [0.2, 0.25) is 6.29 Å². The summed E-state index contributed by atoms with van der Waals surface area (Å²) in [6.45, 7) is 6.19. The first kappa shape index (κ1) is 37.7. The van der Waals surface area contributed by atoms with Gasteiger partial charge >= 0.3 is 18.3 Å². The van der Waals surface area contributed by atoms with E-state index in [1.54, 1.807) is 12.1 Å². The molecule has 0 bridgehead atoms. The van der Waals surface area contributed by atoms with Gasteiger partial charge in [0, 0.05) is 32.5 Å². The number of para-hydroxylation sites is 2. The van der Waals surface area contributed by atoms with E-state index in [4.69, 9.17) is 43.5 Å². The molecule has 5 atom stereocenters. The van der Waals surface area contributed by atoms with Crippen LogP contribution in [-0.2, 0) is 48.4 Å². The molecule has 2 aromatic heterocycles. The Balaban J connectivity index is 0.959. The van der Waals surface area contributed by atoms with Gasteiger partial charge in [-0.05, 0) is 65.9 Å². The summed E-state index contributed by atoms with van der Waals surface area (Å²) in [5.41, 5.74) is 8.97. The maximum absolute atomic E-state index is 13.4. The molecule has 14 nitrogen and oxygen atoms in total. The number of benzene rings is 4. The third-order valence-electron chi connectivity index (χ3n) is 10.4.